The molecule has 0 spiro atoms. The Labute approximate surface area is 269 Å². The van der Waals surface area contributed by atoms with Crippen LogP contribution >= 0.6 is 0 Å². The molecular weight excluding hydrogens is 530 g/mol. The predicted molar refractivity (Wildman–Crippen MR) is 189 cm³/mol. The molecular formula is C39H77NO3. The Balaban J connectivity index is 3.47. The van der Waals surface area contributed by atoms with Gasteiger partial charge in [0, 0.05) is 6.42 Å². The molecule has 0 aromatic rings. The number of carbonyl (C=O) groups excluding carboxylic acids is 1. The van der Waals surface area contributed by atoms with E-state index in [1.807, 2.05) is 6.08 Å². The summed E-state index contributed by atoms with van der Waals surface area (Å²) in [4.78, 5) is 12.3. The van der Waals surface area contributed by atoms with Crippen molar-refractivity contribution in [3.05, 3.63) is 12.2 Å². The topological polar surface area (TPSA) is 69.6 Å². The van der Waals surface area contributed by atoms with Gasteiger partial charge in [-0.1, -0.05) is 199 Å². The zero-order chi connectivity index (χ0) is 31.5. The van der Waals surface area contributed by atoms with Crippen LogP contribution in [0.1, 0.15) is 213 Å². The highest BCUT2D eigenvalue weighted by atomic mass is 16.3. The molecule has 0 saturated heterocycles. The minimum Gasteiger partial charge on any atom is -0.394 e. The van der Waals surface area contributed by atoms with Crippen LogP contribution in [0.15, 0.2) is 12.2 Å². The lowest BCUT2D eigenvalue weighted by molar-refractivity contribution is -0.123. The molecule has 0 aromatic heterocycles. The molecule has 0 aromatic carbocycles. The van der Waals surface area contributed by atoms with Gasteiger partial charge in [0.05, 0.1) is 18.8 Å². The van der Waals surface area contributed by atoms with Crippen molar-refractivity contribution < 1.29 is 15.0 Å². The quantitative estimate of drug-likeness (QED) is 0.0496. The van der Waals surface area contributed by atoms with Crippen molar-refractivity contribution in [2.75, 3.05) is 6.61 Å². The van der Waals surface area contributed by atoms with E-state index in [1.165, 1.54) is 167 Å². The monoisotopic (exact) mass is 608 g/mol. The maximum atomic E-state index is 12.3. The fourth-order valence-corrected chi connectivity index (χ4v) is 6.00. The molecule has 0 aliphatic carbocycles. The summed E-state index contributed by atoms with van der Waals surface area (Å²) in [6, 6.07) is -0.613. The molecule has 256 valence electrons. The molecule has 0 fully saturated rings. The maximum absolute atomic E-state index is 12.3. The van der Waals surface area contributed by atoms with E-state index >= 15 is 0 Å². The van der Waals surface area contributed by atoms with Crippen LogP contribution in [-0.4, -0.2) is 34.9 Å². The highest BCUT2D eigenvalue weighted by Gasteiger charge is 2.17. The van der Waals surface area contributed by atoms with Gasteiger partial charge in [0.2, 0.25) is 5.91 Å². The van der Waals surface area contributed by atoms with Crippen molar-refractivity contribution in [2.45, 2.75) is 225 Å². The summed E-state index contributed by atoms with van der Waals surface area (Å²) in [7, 11) is 0. The Hall–Kier alpha value is -0.870. The van der Waals surface area contributed by atoms with E-state index < -0.39 is 12.1 Å². The zero-order valence-corrected chi connectivity index (χ0v) is 29.2. The van der Waals surface area contributed by atoms with Crippen LogP contribution in [0.25, 0.3) is 0 Å². The van der Waals surface area contributed by atoms with E-state index in [2.05, 4.69) is 19.2 Å². The number of aliphatic hydroxyl groups is 2. The van der Waals surface area contributed by atoms with Crippen molar-refractivity contribution in [2.24, 2.45) is 0 Å². The molecule has 0 unspecified atom stereocenters. The largest absolute Gasteiger partial charge is 0.394 e. The third kappa shape index (κ3) is 32.3. The van der Waals surface area contributed by atoms with E-state index in [4.69, 9.17) is 0 Å². The first-order valence-corrected chi connectivity index (χ1v) is 19.4. The van der Waals surface area contributed by atoms with Gasteiger partial charge >= 0.3 is 0 Å². The number of allylic oxidation sites excluding steroid dienone is 1. The molecule has 4 heteroatoms. The molecule has 0 saturated carbocycles. The maximum Gasteiger partial charge on any atom is 0.220 e. The van der Waals surface area contributed by atoms with Crippen molar-refractivity contribution >= 4 is 5.91 Å². The number of aliphatic hydroxyl groups excluding tert-OH is 2. The summed E-state index contributed by atoms with van der Waals surface area (Å²) >= 11 is 0. The lowest BCUT2D eigenvalue weighted by atomic mass is 10.0. The number of unbranched alkanes of at least 4 members (excludes halogenated alkanes) is 28. The number of hydrogen-bond donors (Lipinski definition) is 3. The minimum absolute atomic E-state index is 0.0632. The summed E-state index contributed by atoms with van der Waals surface area (Å²) in [5.41, 5.74) is 0. The Kier molecular flexibility index (Phi) is 34.9. The highest BCUT2D eigenvalue weighted by Crippen LogP contribution is 2.16. The standard InChI is InChI=1S/C39H77NO3/c1-3-5-7-9-11-13-14-15-16-17-18-19-20-21-22-23-24-25-27-29-31-33-35-39(43)40-37(36-41)38(42)34-32-30-28-26-12-10-8-6-4-2/h32,34,37-38,41-42H,3-31,33,35-36H2,1-2H3,(H,40,43)/b34-32+/t37-,38+/m0/s1. The molecule has 0 aliphatic rings. The number of rotatable bonds is 35. The van der Waals surface area contributed by atoms with E-state index in [1.54, 1.807) is 6.08 Å². The van der Waals surface area contributed by atoms with Crippen LogP contribution in [0.3, 0.4) is 0 Å². The van der Waals surface area contributed by atoms with Gasteiger partial charge in [0.1, 0.15) is 0 Å². The third-order valence-electron chi connectivity index (χ3n) is 9.02. The first-order chi connectivity index (χ1) is 21.2. The first kappa shape index (κ1) is 42.1. The first-order valence-electron chi connectivity index (χ1n) is 19.4. The van der Waals surface area contributed by atoms with Gasteiger partial charge in [-0.05, 0) is 19.3 Å². The molecule has 3 N–H and O–H groups in total. The average Bonchev–Trinajstić information content (AvgIpc) is 3.01. The van der Waals surface area contributed by atoms with Crippen LogP contribution in [0.4, 0.5) is 0 Å². The number of amides is 1. The van der Waals surface area contributed by atoms with Gasteiger partial charge in [-0.2, -0.15) is 0 Å². The van der Waals surface area contributed by atoms with Crippen LogP contribution in [0.2, 0.25) is 0 Å². The molecule has 4 nitrogen and oxygen atoms in total. The van der Waals surface area contributed by atoms with Gasteiger partial charge in [-0.3, -0.25) is 4.79 Å². The Morgan fingerprint density at radius 3 is 1.21 bits per heavy atom. The summed E-state index contributed by atoms with van der Waals surface area (Å²) < 4.78 is 0. The van der Waals surface area contributed by atoms with E-state index in [0.717, 1.165) is 25.7 Å². The molecule has 0 bridgehead atoms. The fraction of sp³-hybridized carbons (Fsp3) is 0.923. The Morgan fingerprint density at radius 1 is 0.535 bits per heavy atom. The molecule has 43 heavy (non-hydrogen) atoms. The Bertz CT molecular complexity index is 579. The van der Waals surface area contributed by atoms with Crippen LogP contribution < -0.4 is 5.32 Å². The zero-order valence-electron chi connectivity index (χ0n) is 29.2. The predicted octanol–water partition coefficient (Wildman–Crippen LogP) is 11.5. The second-order valence-electron chi connectivity index (χ2n) is 13.4. The summed E-state index contributed by atoms with van der Waals surface area (Å²) in [6.07, 6.45) is 43.1. The second kappa shape index (κ2) is 35.6. The van der Waals surface area contributed by atoms with Gasteiger partial charge in [-0.15, -0.1) is 0 Å². The highest BCUT2D eigenvalue weighted by molar-refractivity contribution is 5.76. The third-order valence-corrected chi connectivity index (χ3v) is 9.02. The lowest BCUT2D eigenvalue weighted by Gasteiger charge is -2.20. The van der Waals surface area contributed by atoms with Crippen LogP contribution in [-0.2, 0) is 4.79 Å². The van der Waals surface area contributed by atoms with Gasteiger partial charge in [0.15, 0.2) is 0 Å². The van der Waals surface area contributed by atoms with Gasteiger partial charge < -0.3 is 15.5 Å². The van der Waals surface area contributed by atoms with E-state index in [9.17, 15) is 15.0 Å². The van der Waals surface area contributed by atoms with Crippen molar-refractivity contribution in [3.63, 3.8) is 0 Å². The van der Waals surface area contributed by atoms with Crippen molar-refractivity contribution in [1.29, 1.82) is 0 Å². The van der Waals surface area contributed by atoms with Gasteiger partial charge in [0.25, 0.3) is 0 Å². The minimum atomic E-state index is -0.831. The number of carbonyl (C=O) groups is 1. The molecule has 2 atom stereocenters. The van der Waals surface area contributed by atoms with Crippen molar-refractivity contribution in [3.8, 4) is 0 Å². The second-order valence-corrected chi connectivity index (χ2v) is 13.4. The lowest BCUT2D eigenvalue weighted by Crippen LogP contribution is -2.45. The number of nitrogens with one attached hydrogen (secondary N) is 1. The number of hydrogen-bond acceptors (Lipinski definition) is 3. The summed E-state index contributed by atoms with van der Waals surface area (Å²) in [6.45, 7) is 4.29. The SMILES string of the molecule is CCCCCCCCC/C=C/[C@@H](O)[C@H](CO)NC(=O)CCCCCCCCCCCCCCCCCCCCCCCC. The van der Waals surface area contributed by atoms with Crippen LogP contribution in [0.5, 0.6) is 0 Å². The van der Waals surface area contributed by atoms with Gasteiger partial charge in [-0.25, -0.2) is 0 Å². The normalized spacial score (nSPS) is 13.1. The van der Waals surface area contributed by atoms with E-state index in [-0.39, 0.29) is 12.5 Å². The van der Waals surface area contributed by atoms with Crippen LogP contribution in [0, 0.1) is 0 Å². The van der Waals surface area contributed by atoms with E-state index in [0.29, 0.717) is 6.42 Å². The molecule has 0 rings (SSSR count). The smallest absolute Gasteiger partial charge is 0.220 e. The molecule has 1 amide bonds. The Morgan fingerprint density at radius 2 is 0.860 bits per heavy atom. The fourth-order valence-electron chi connectivity index (χ4n) is 6.00. The van der Waals surface area contributed by atoms with Crippen molar-refractivity contribution in [1.82, 2.24) is 5.32 Å². The molecule has 0 heterocycles. The molecule has 0 radical (unpaired) electrons. The summed E-state index contributed by atoms with van der Waals surface area (Å²) in [5.74, 6) is -0.0632. The summed E-state index contributed by atoms with van der Waals surface area (Å²) in [5, 5.41) is 22.8. The average molecular weight is 608 g/mol. The molecule has 0 aliphatic heterocycles.